The summed E-state index contributed by atoms with van der Waals surface area (Å²) in [5.41, 5.74) is 0. The molecule has 1 unspecified atom stereocenters. The highest BCUT2D eigenvalue weighted by Gasteiger charge is 2.22. The Hall–Kier alpha value is -0.870. The second-order valence-corrected chi connectivity index (χ2v) is 4.76. The molecule has 1 fully saturated rings. The van der Waals surface area contributed by atoms with Gasteiger partial charge in [0.1, 0.15) is 17.3 Å². The first-order chi connectivity index (χ1) is 7.66. The number of aromatic nitrogens is 2. The van der Waals surface area contributed by atoms with Crippen molar-refractivity contribution in [2.45, 2.75) is 18.9 Å². The molecule has 1 aromatic rings. The number of halogens is 1. The maximum atomic E-state index is 5.87. The summed E-state index contributed by atoms with van der Waals surface area (Å²) in [6.45, 7) is 2.27. The predicted octanol–water partition coefficient (Wildman–Crippen LogP) is 1.66. The fraction of sp³-hybridized carbons (Fsp3) is 0.636. The molecule has 1 saturated heterocycles. The summed E-state index contributed by atoms with van der Waals surface area (Å²) in [7, 11) is 4.23. The van der Waals surface area contributed by atoms with Crippen LogP contribution in [0.3, 0.4) is 0 Å². The third-order valence-electron chi connectivity index (χ3n) is 3.13. The minimum absolute atomic E-state index is 0.501. The monoisotopic (exact) mass is 240 g/mol. The highest BCUT2D eigenvalue weighted by Crippen LogP contribution is 2.20. The molecule has 16 heavy (non-hydrogen) atoms. The van der Waals surface area contributed by atoms with Crippen LogP contribution in [0.25, 0.3) is 0 Å². The second kappa shape index (κ2) is 4.97. The van der Waals surface area contributed by atoms with E-state index in [0.29, 0.717) is 11.2 Å². The van der Waals surface area contributed by atoms with Gasteiger partial charge >= 0.3 is 0 Å². The first-order valence-electron chi connectivity index (χ1n) is 5.56. The topological polar surface area (TPSA) is 32.3 Å². The molecule has 2 heterocycles. The summed E-state index contributed by atoms with van der Waals surface area (Å²) in [4.78, 5) is 12.7. The Morgan fingerprint density at radius 1 is 1.50 bits per heavy atom. The Bertz CT molecular complexity index is 358. The van der Waals surface area contributed by atoms with Gasteiger partial charge in [-0.2, -0.15) is 0 Å². The Balaban J connectivity index is 2.09. The van der Waals surface area contributed by atoms with Crippen molar-refractivity contribution < 1.29 is 0 Å². The second-order valence-electron chi connectivity index (χ2n) is 4.37. The van der Waals surface area contributed by atoms with E-state index in [4.69, 9.17) is 11.6 Å². The van der Waals surface area contributed by atoms with E-state index in [0.717, 1.165) is 12.4 Å². The number of hydrogen-bond acceptors (Lipinski definition) is 4. The van der Waals surface area contributed by atoms with Gasteiger partial charge in [-0.05, 0) is 26.4 Å². The van der Waals surface area contributed by atoms with Crippen molar-refractivity contribution in [2.75, 3.05) is 32.1 Å². The van der Waals surface area contributed by atoms with Gasteiger partial charge in [-0.3, -0.25) is 0 Å². The average molecular weight is 241 g/mol. The molecule has 1 aromatic heterocycles. The van der Waals surface area contributed by atoms with Crippen molar-refractivity contribution in [1.82, 2.24) is 14.9 Å². The lowest BCUT2D eigenvalue weighted by molar-refractivity contribution is 0.247. The zero-order valence-corrected chi connectivity index (χ0v) is 10.5. The fourth-order valence-corrected chi connectivity index (χ4v) is 2.30. The van der Waals surface area contributed by atoms with Gasteiger partial charge in [0.15, 0.2) is 0 Å². The molecule has 0 bridgehead atoms. The molecule has 1 aliphatic rings. The largest absolute Gasteiger partial charge is 0.355 e. The molecule has 1 aliphatic heterocycles. The van der Waals surface area contributed by atoms with E-state index in [2.05, 4.69) is 33.9 Å². The molecule has 88 valence electrons. The Morgan fingerprint density at radius 2 is 2.31 bits per heavy atom. The number of rotatable bonds is 2. The number of likely N-dealkylation sites (tertiary alicyclic amines) is 1. The van der Waals surface area contributed by atoms with E-state index in [9.17, 15) is 0 Å². The van der Waals surface area contributed by atoms with E-state index in [-0.39, 0.29) is 0 Å². The molecule has 0 N–H and O–H groups in total. The lowest BCUT2D eigenvalue weighted by atomic mass is 10.1. The highest BCUT2D eigenvalue weighted by molar-refractivity contribution is 6.29. The summed E-state index contributed by atoms with van der Waals surface area (Å²) < 4.78 is 0. The van der Waals surface area contributed by atoms with E-state index >= 15 is 0 Å². The van der Waals surface area contributed by atoms with E-state index < -0.39 is 0 Å². The predicted molar refractivity (Wildman–Crippen MR) is 66.0 cm³/mol. The molecular formula is C11H17ClN4. The molecular weight excluding hydrogens is 224 g/mol. The van der Waals surface area contributed by atoms with Crippen LogP contribution in [0.1, 0.15) is 12.8 Å². The number of anilines is 1. The van der Waals surface area contributed by atoms with Gasteiger partial charge in [0.2, 0.25) is 0 Å². The van der Waals surface area contributed by atoms with Crippen LogP contribution in [0.5, 0.6) is 0 Å². The van der Waals surface area contributed by atoms with Crippen LogP contribution < -0.4 is 4.90 Å². The number of piperidine rings is 1. The number of nitrogens with zero attached hydrogens (tertiary/aromatic N) is 4. The summed E-state index contributed by atoms with van der Waals surface area (Å²) >= 11 is 5.87. The molecule has 0 saturated carbocycles. The van der Waals surface area contributed by atoms with Crippen LogP contribution in [-0.4, -0.2) is 48.1 Å². The summed E-state index contributed by atoms with van der Waals surface area (Å²) in [6.07, 6.45) is 3.97. The maximum absolute atomic E-state index is 5.87. The van der Waals surface area contributed by atoms with Gasteiger partial charge in [-0.1, -0.05) is 11.6 Å². The Morgan fingerprint density at radius 3 is 3.00 bits per heavy atom. The van der Waals surface area contributed by atoms with Crippen molar-refractivity contribution in [3.05, 3.63) is 17.5 Å². The van der Waals surface area contributed by atoms with Crippen LogP contribution in [0.2, 0.25) is 5.15 Å². The lowest BCUT2D eigenvalue weighted by Crippen LogP contribution is -2.45. The van der Waals surface area contributed by atoms with Crippen molar-refractivity contribution >= 4 is 17.4 Å². The highest BCUT2D eigenvalue weighted by atomic mass is 35.5. The smallest absolute Gasteiger partial charge is 0.134 e. The van der Waals surface area contributed by atoms with E-state index in [1.165, 1.54) is 25.7 Å². The quantitative estimate of drug-likeness (QED) is 0.736. The molecule has 4 nitrogen and oxygen atoms in total. The van der Waals surface area contributed by atoms with Crippen LogP contribution in [-0.2, 0) is 0 Å². The summed E-state index contributed by atoms with van der Waals surface area (Å²) in [5.74, 6) is 0.903. The van der Waals surface area contributed by atoms with Crippen molar-refractivity contribution in [3.8, 4) is 0 Å². The molecule has 0 spiro atoms. The van der Waals surface area contributed by atoms with Gasteiger partial charge in [0, 0.05) is 25.7 Å². The SMILES string of the molecule is CN1CCCC(N(C)c2cc(Cl)ncn2)C1. The van der Waals surface area contributed by atoms with Gasteiger partial charge in [0.05, 0.1) is 0 Å². The van der Waals surface area contributed by atoms with Gasteiger partial charge in [0.25, 0.3) is 0 Å². The molecule has 0 amide bonds. The number of likely N-dealkylation sites (N-methyl/N-ethyl adjacent to an activating group) is 2. The molecule has 0 aliphatic carbocycles. The molecule has 0 aromatic carbocycles. The van der Waals surface area contributed by atoms with Gasteiger partial charge < -0.3 is 9.80 Å². The van der Waals surface area contributed by atoms with Crippen LogP contribution in [0.4, 0.5) is 5.82 Å². The van der Waals surface area contributed by atoms with Crippen LogP contribution >= 0.6 is 11.6 Å². The first kappa shape index (κ1) is 11.6. The molecule has 2 rings (SSSR count). The standard InChI is InChI=1S/C11H17ClN4/c1-15-5-3-4-9(7-15)16(2)11-6-10(12)13-8-14-11/h6,8-9H,3-5,7H2,1-2H3. The Labute approximate surface area is 101 Å². The van der Waals surface area contributed by atoms with Crippen LogP contribution in [0, 0.1) is 0 Å². The van der Waals surface area contributed by atoms with Crippen molar-refractivity contribution in [3.63, 3.8) is 0 Å². The van der Waals surface area contributed by atoms with Crippen molar-refractivity contribution in [1.29, 1.82) is 0 Å². The lowest BCUT2D eigenvalue weighted by Gasteiger charge is -2.36. The Kier molecular flexibility index (Phi) is 3.61. The summed E-state index contributed by atoms with van der Waals surface area (Å²) in [6, 6.07) is 2.33. The van der Waals surface area contributed by atoms with Crippen LogP contribution in [0.15, 0.2) is 12.4 Å². The van der Waals surface area contributed by atoms with Gasteiger partial charge in [-0.25, -0.2) is 9.97 Å². The average Bonchev–Trinajstić information content (AvgIpc) is 2.28. The van der Waals surface area contributed by atoms with Gasteiger partial charge in [-0.15, -0.1) is 0 Å². The zero-order chi connectivity index (χ0) is 11.5. The molecule has 1 atom stereocenters. The minimum atomic E-state index is 0.501. The van der Waals surface area contributed by atoms with E-state index in [1.54, 1.807) is 0 Å². The maximum Gasteiger partial charge on any atom is 0.134 e. The third kappa shape index (κ3) is 2.62. The third-order valence-corrected chi connectivity index (χ3v) is 3.33. The summed E-state index contributed by atoms with van der Waals surface area (Å²) in [5, 5.41) is 0.501. The van der Waals surface area contributed by atoms with Crippen molar-refractivity contribution in [2.24, 2.45) is 0 Å². The minimum Gasteiger partial charge on any atom is -0.355 e. The molecule has 0 radical (unpaired) electrons. The normalized spacial score (nSPS) is 22.1. The van der Waals surface area contributed by atoms with E-state index in [1.807, 2.05) is 6.07 Å². The fourth-order valence-electron chi connectivity index (χ4n) is 2.16. The zero-order valence-electron chi connectivity index (χ0n) is 9.73. The first-order valence-corrected chi connectivity index (χ1v) is 5.93. The molecule has 5 heteroatoms. The number of hydrogen-bond donors (Lipinski definition) is 0.